The van der Waals surface area contributed by atoms with Gasteiger partial charge in [-0.2, -0.15) is 17.8 Å². The molecule has 0 aromatic heterocycles. The molecule has 0 bridgehead atoms. The molecule has 78 valence electrons. The van der Waals surface area contributed by atoms with Gasteiger partial charge >= 0.3 is 0 Å². The molecule has 0 radical (unpaired) electrons. The van der Waals surface area contributed by atoms with Crippen LogP contribution in [-0.4, -0.2) is 0 Å². The Bertz CT molecular complexity index is 169. The fourth-order valence-corrected chi connectivity index (χ4v) is 2.59. The molecule has 1 atom stereocenters. The first kappa shape index (κ1) is 11.1. The Morgan fingerprint density at radius 3 is 1.92 bits per heavy atom. The van der Waals surface area contributed by atoms with Gasteiger partial charge in [0, 0.05) is 0 Å². The van der Waals surface area contributed by atoms with Crippen molar-refractivity contribution < 1.29 is 0 Å². The summed E-state index contributed by atoms with van der Waals surface area (Å²) in [6.07, 6.45) is 7.02. The number of unbranched alkanes of at least 4 members (excludes halogenated alkanes) is 3. The van der Waals surface area contributed by atoms with Crippen LogP contribution in [0, 0.1) is 16.7 Å². The second kappa shape index (κ2) is 3.63. The predicted molar refractivity (Wildman–Crippen MR) is 59.6 cm³/mol. The molecule has 0 heterocycles. The normalized spacial score (nSPS) is 32.1. The summed E-state index contributed by atoms with van der Waals surface area (Å²) in [4.78, 5) is 0. The molecule has 1 rings (SSSR count). The molecule has 0 spiro atoms. The average Bonchev–Trinajstić information content (AvgIpc) is 2.45. The van der Waals surface area contributed by atoms with Crippen molar-refractivity contribution in [2.45, 2.75) is 66.7 Å². The molecule has 0 aromatic rings. The highest BCUT2D eigenvalue weighted by Crippen LogP contribution is 2.72. The molecule has 1 unspecified atom stereocenters. The summed E-state index contributed by atoms with van der Waals surface area (Å²) in [5.74, 6) is 1.72. The molecule has 0 saturated heterocycles. The first-order valence-electron chi connectivity index (χ1n) is 5.81. The van der Waals surface area contributed by atoms with E-state index in [0.29, 0.717) is 10.8 Å². The fraction of sp³-hybridized carbons (Fsp3) is 0.923. The third kappa shape index (κ3) is 1.78. The maximum absolute atomic E-state index is 2.44. The molecule has 13 heavy (non-hydrogen) atoms. The van der Waals surface area contributed by atoms with Crippen molar-refractivity contribution in [3.63, 3.8) is 0 Å². The van der Waals surface area contributed by atoms with E-state index >= 15 is 0 Å². The van der Waals surface area contributed by atoms with Crippen molar-refractivity contribution >= 4 is 0 Å². The molecule has 1 aliphatic rings. The molecule has 0 nitrogen and oxygen atoms in total. The topological polar surface area (TPSA) is 0 Å². The van der Waals surface area contributed by atoms with Gasteiger partial charge in [0.25, 0.3) is 0 Å². The zero-order valence-electron chi connectivity index (χ0n) is 10.0. The number of rotatable bonds is 5. The summed E-state index contributed by atoms with van der Waals surface area (Å²) in [5.41, 5.74) is 1.10. The summed E-state index contributed by atoms with van der Waals surface area (Å²) in [6, 6.07) is 0. The molecule has 0 aromatic carbocycles. The SMILES string of the molecule is CCCCCCC1(C)[C-](C)C1(C)C. The van der Waals surface area contributed by atoms with Crippen LogP contribution in [0.5, 0.6) is 0 Å². The van der Waals surface area contributed by atoms with Crippen LogP contribution in [0.4, 0.5) is 0 Å². The Morgan fingerprint density at radius 2 is 1.54 bits per heavy atom. The lowest BCUT2D eigenvalue weighted by Crippen LogP contribution is -2.03. The predicted octanol–water partition coefficient (Wildman–Crippen LogP) is 4.60. The summed E-state index contributed by atoms with van der Waals surface area (Å²) in [5, 5.41) is 0. The minimum Gasteiger partial charge on any atom is -0.309 e. The smallest absolute Gasteiger partial charge is 0.0534 e. The van der Waals surface area contributed by atoms with Gasteiger partial charge < -0.3 is 5.92 Å². The molecular formula is C13H25-. The van der Waals surface area contributed by atoms with Crippen LogP contribution >= 0.6 is 0 Å². The highest BCUT2D eigenvalue weighted by molar-refractivity contribution is 5.33. The van der Waals surface area contributed by atoms with Gasteiger partial charge in [-0.05, 0) is 0 Å². The summed E-state index contributed by atoms with van der Waals surface area (Å²) >= 11 is 0. The molecule has 0 aliphatic heterocycles. The molecule has 0 amide bonds. The van der Waals surface area contributed by atoms with Gasteiger partial charge in [-0.15, -0.1) is 0 Å². The minimum atomic E-state index is 0.527. The third-order valence-corrected chi connectivity index (χ3v) is 4.61. The molecular weight excluding hydrogens is 156 g/mol. The van der Waals surface area contributed by atoms with Crippen molar-refractivity contribution in [3.05, 3.63) is 5.92 Å². The van der Waals surface area contributed by atoms with Crippen LogP contribution in [0.25, 0.3) is 0 Å². The fourth-order valence-electron chi connectivity index (χ4n) is 2.59. The lowest BCUT2D eigenvalue weighted by molar-refractivity contribution is 0.373. The molecule has 0 heteroatoms. The second-order valence-corrected chi connectivity index (χ2v) is 5.39. The Labute approximate surface area is 84.1 Å². The van der Waals surface area contributed by atoms with Crippen LogP contribution < -0.4 is 0 Å². The van der Waals surface area contributed by atoms with Crippen molar-refractivity contribution in [2.24, 2.45) is 10.8 Å². The Kier molecular flexibility index (Phi) is 3.09. The van der Waals surface area contributed by atoms with Crippen LogP contribution in [0.2, 0.25) is 0 Å². The Balaban J connectivity index is 2.23. The molecule has 1 fully saturated rings. The second-order valence-electron chi connectivity index (χ2n) is 5.39. The lowest BCUT2D eigenvalue weighted by Gasteiger charge is -2.23. The van der Waals surface area contributed by atoms with Gasteiger partial charge in [0.15, 0.2) is 0 Å². The van der Waals surface area contributed by atoms with Gasteiger partial charge in [-0.3, -0.25) is 0 Å². The van der Waals surface area contributed by atoms with E-state index in [9.17, 15) is 0 Å². The van der Waals surface area contributed by atoms with Crippen molar-refractivity contribution in [3.8, 4) is 0 Å². The van der Waals surface area contributed by atoms with E-state index in [1.54, 1.807) is 5.92 Å². The summed E-state index contributed by atoms with van der Waals surface area (Å²) in [6.45, 7) is 11.8. The maximum Gasteiger partial charge on any atom is -0.0534 e. The third-order valence-electron chi connectivity index (χ3n) is 4.61. The molecule has 0 N–H and O–H groups in total. The van der Waals surface area contributed by atoms with E-state index in [-0.39, 0.29) is 0 Å². The monoisotopic (exact) mass is 181 g/mol. The zero-order chi connectivity index (χ0) is 10.1. The van der Waals surface area contributed by atoms with Crippen LogP contribution in [0.15, 0.2) is 0 Å². The average molecular weight is 181 g/mol. The van der Waals surface area contributed by atoms with E-state index in [1.165, 1.54) is 32.1 Å². The van der Waals surface area contributed by atoms with E-state index < -0.39 is 0 Å². The van der Waals surface area contributed by atoms with E-state index in [1.807, 2.05) is 0 Å². The highest BCUT2D eigenvalue weighted by atomic mass is 14.7. The van der Waals surface area contributed by atoms with Crippen LogP contribution in [0.1, 0.15) is 66.7 Å². The van der Waals surface area contributed by atoms with Gasteiger partial charge in [-0.25, -0.2) is 0 Å². The molecule has 1 aliphatic carbocycles. The van der Waals surface area contributed by atoms with E-state index in [2.05, 4.69) is 34.6 Å². The zero-order valence-corrected chi connectivity index (χ0v) is 10.0. The first-order chi connectivity index (χ1) is 5.97. The first-order valence-corrected chi connectivity index (χ1v) is 5.81. The largest absolute Gasteiger partial charge is 0.309 e. The van der Waals surface area contributed by atoms with Gasteiger partial charge in [0.2, 0.25) is 0 Å². The summed E-state index contributed by atoms with van der Waals surface area (Å²) < 4.78 is 0. The van der Waals surface area contributed by atoms with Crippen molar-refractivity contribution in [1.29, 1.82) is 0 Å². The van der Waals surface area contributed by atoms with E-state index in [0.717, 1.165) is 0 Å². The van der Waals surface area contributed by atoms with Crippen molar-refractivity contribution in [1.82, 2.24) is 0 Å². The minimum absolute atomic E-state index is 0.527. The quantitative estimate of drug-likeness (QED) is 0.429. The summed E-state index contributed by atoms with van der Waals surface area (Å²) in [7, 11) is 0. The van der Waals surface area contributed by atoms with Gasteiger partial charge in [0.1, 0.15) is 0 Å². The Hall–Kier alpha value is 0. The van der Waals surface area contributed by atoms with Gasteiger partial charge in [-0.1, -0.05) is 59.8 Å². The van der Waals surface area contributed by atoms with Crippen LogP contribution in [0.3, 0.4) is 0 Å². The lowest BCUT2D eigenvalue weighted by atomic mass is 9.91. The number of hydrogen-bond donors (Lipinski definition) is 0. The van der Waals surface area contributed by atoms with Crippen molar-refractivity contribution in [2.75, 3.05) is 0 Å². The Morgan fingerprint density at radius 1 is 1.00 bits per heavy atom. The standard InChI is InChI=1S/C13H25/c1-6-7-8-9-10-13(5)11(2)12(13,3)4/h6-10H2,1-5H3/q-1. The van der Waals surface area contributed by atoms with E-state index in [4.69, 9.17) is 0 Å². The highest BCUT2D eigenvalue weighted by Gasteiger charge is 2.48. The number of hydrogen-bond acceptors (Lipinski definition) is 0. The maximum atomic E-state index is 2.44. The van der Waals surface area contributed by atoms with Crippen LogP contribution in [-0.2, 0) is 0 Å². The van der Waals surface area contributed by atoms with Gasteiger partial charge in [0.05, 0.1) is 0 Å². The molecule has 1 saturated carbocycles.